The molecule has 106 valence electrons. The lowest BCUT2D eigenvalue weighted by Crippen LogP contribution is -2.05. The van der Waals surface area contributed by atoms with Crippen molar-refractivity contribution in [2.45, 2.75) is 12.3 Å². The third kappa shape index (κ3) is 2.72. The number of ketones is 1. The van der Waals surface area contributed by atoms with Crippen LogP contribution in [0.5, 0.6) is 0 Å². The Balaban J connectivity index is 1.86. The smallest absolute Gasteiger partial charge is 0.303 e. The van der Waals surface area contributed by atoms with Gasteiger partial charge in [-0.1, -0.05) is 60.7 Å². The van der Waals surface area contributed by atoms with Crippen LogP contribution in [0.4, 0.5) is 0 Å². The van der Waals surface area contributed by atoms with Crippen molar-refractivity contribution in [2.24, 2.45) is 11.8 Å². The van der Waals surface area contributed by atoms with Crippen LogP contribution in [0.3, 0.4) is 0 Å². The van der Waals surface area contributed by atoms with E-state index >= 15 is 0 Å². The van der Waals surface area contributed by atoms with E-state index in [1.807, 2.05) is 48.5 Å². The van der Waals surface area contributed by atoms with Crippen molar-refractivity contribution >= 4 is 11.8 Å². The maximum absolute atomic E-state index is 12.6. The summed E-state index contributed by atoms with van der Waals surface area (Å²) >= 11 is 0. The van der Waals surface area contributed by atoms with Crippen molar-refractivity contribution in [2.75, 3.05) is 0 Å². The standard InChI is InChI=1S/C18H16O3/c19-15(20)11-14-16(12-7-3-1-4-8-12)17(14)18(21)13-9-5-2-6-10-13/h1-10,14,16-17H,11H2,(H,19,20)/t14-,16?,17+/m1/s1. The predicted molar refractivity (Wildman–Crippen MR) is 79.2 cm³/mol. The first kappa shape index (κ1) is 13.6. The molecule has 1 N–H and O–H groups in total. The molecule has 0 bridgehead atoms. The molecule has 3 rings (SSSR count). The molecule has 3 heteroatoms. The number of aliphatic carboxylic acids is 1. The van der Waals surface area contributed by atoms with Crippen molar-refractivity contribution in [3.05, 3.63) is 71.8 Å². The number of Topliss-reactive ketones (excluding diaryl/α,β-unsaturated/α-hetero) is 1. The highest BCUT2D eigenvalue weighted by Gasteiger charge is 2.55. The minimum absolute atomic E-state index is 0.0232. The van der Waals surface area contributed by atoms with E-state index in [2.05, 4.69) is 0 Å². The van der Waals surface area contributed by atoms with Crippen LogP contribution < -0.4 is 0 Å². The third-order valence-corrected chi connectivity index (χ3v) is 4.12. The Hall–Kier alpha value is -2.42. The number of carbonyl (C=O) groups is 2. The lowest BCUT2D eigenvalue weighted by atomic mass is 10.0. The maximum atomic E-state index is 12.6. The Bertz CT molecular complexity index is 649. The van der Waals surface area contributed by atoms with Gasteiger partial charge >= 0.3 is 5.97 Å². The van der Waals surface area contributed by atoms with E-state index in [4.69, 9.17) is 5.11 Å². The molecule has 0 spiro atoms. The second-order valence-electron chi connectivity index (χ2n) is 5.45. The molecule has 0 aromatic heterocycles. The number of carboxylic acids is 1. The van der Waals surface area contributed by atoms with Gasteiger partial charge in [0.1, 0.15) is 0 Å². The van der Waals surface area contributed by atoms with Crippen LogP contribution in [0.15, 0.2) is 60.7 Å². The average Bonchev–Trinajstić information content (AvgIpc) is 3.21. The van der Waals surface area contributed by atoms with Gasteiger partial charge < -0.3 is 5.11 Å². The third-order valence-electron chi connectivity index (χ3n) is 4.12. The second-order valence-corrected chi connectivity index (χ2v) is 5.45. The molecule has 0 saturated heterocycles. The maximum Gasteiger partial charge on any atom is 0.303 e. The molecular formula is C18H16O3. The monoisotopic (exact) mass is 280 g/mol. The Morgan fingerprint density at radius 3 is 2.05 bits per heavy atom. The Morgan fingerprint density at radius 2 is 1.48 bits per heavy atom. The fourth-order valence-electron chi connectivity index (χ4n) is 3.11. The van der Waals surface area contributed by atoms with Crippen LogP contribution in [-0.2, 0) is 4.79 Å². The van der Waals surface area contributed by atoms with Gasteiger partial charge in [-0.2, -0.15) is 0 Å². The first-order valence-corrected chi connectivity index (χ1v) is 7.04. The van der Waals surface area contributed by atoms with Gasteiger partial charge in [0.05, 0.1) is 0 Å². The topological polar surface area (TPSA) is 54.4 Å². The van der Waals surface area contributed by atoms with Gasteiger partial charge in [-0.05, 0) is 17.4 Å². The molecule has 2 aromatic carbocycles. The molecule has 1 aliphatic rings. The zero-order valence-corrected chi connectivity index (χ0v) is 11.5. The molecule has 0 aliphatic heterocycles. The lowest BCUT2D eigenvalue weighted by Gasteiger charge is -2.00. The van der Waals surface area contributed by atoms with E-state index < -0.39 is 5.97 Å². The van der Waals surface area contributed by atoms with Gasteiger partial charge in [-0.3, -0.25) is 9.59 Å². The van der Waals surface area contributed by atoms with Gasteiger partial charge in [-0.25, -0.2) is 0 Å². The number of carbonyl (C=O) groups excluding carboxylic acids is 1. The molecular weight excluding hydrogens is 264 g/mol. The summed E-state index contributed by atoms with van der Waals surface area (Å²) in [6.45, 7) is 0. The molecule has 1 saturated carbocycles. The molecule has 1 fully saturated rings. The van der Waals surface area contributed by atoms with Crippen molar-refractivity contribution in [1.29, 1.82) is 0 Å². The summed E-state index contributed by atoms with van der Waals surface area (Å²) in [5.74, 6) is -1.08. The van der Waals surface area contributed by atoms with Gasteiger partial charge in [0, 0.05) is 17.9 Å². The Morgan fingerprint density at radius 1 is 0.905 bits per heavy atom. The molecule has 0 radical (unpaired) electrons. The summed E-state index contributed by atoms with van der Waals surface area (Å²) in [7, 11) is 0. The van der Waals surface area contributed by atoms with Crippen LogP contribution in [0.25, 0.3) is 0 Å². The summed E-state index contributed by atoms with van der Waals surface area (Å²) in [5, 5.41) is 9.05. The van der Waals surface area contributed by atoms with Gasteiger partial charge in [-0.15, -0.1) is 0 Å². The number of hydrogen-bond acceptors (Lipinski definition) is 2. The minimum atomic E-state index is -0.843. The van der Waals surface area contributed by atoms with Gasteiger partial charge in [0.2, 0.25) is 0 Å². The molecule has 1 unspecified atom stereocenters. The zero-order chi connectivity index (χ0) is 14.8. The fraction of sp³-hybridized carbons (Fsp3) is 0.222. The summed E-state index contributed by atoms with van der Waals surface area (Å²) in [4.78, 5) is 23.6. The molecule has 0 heterocycles. The highest BCUT2D eigenvalue weighted by molar-refractivity contribution is 6.01. The Kier molecular flexibility index (Phi) is 3.57. The van der Waals surface area contributed by atoms with E-state index in [1.165, 1.54) is 0 Å². The lowest BCUT2D eigenvalue weighted by molar-refractivity contribution is -0.137. The van der Waals surface area contributed by atoms with Gasteiger partial charge in [0.25, 0.3) is 0 Å². The van der Waals surface area contributed by atoms with Crippen LogP contribution in [0, 0.1) is 11.8 Å². The normalized spacial score (nSPS) is 23.5. The van der Waals surface area contributed by atoms with Crippen LogP contribution in [-0.4, -0.2) is 16.9 Å². The average molecular weight is 280 g/mol. The number of rotatable bonds is 5. The van der Waals surface area contributed by atoms with Crippen molar-refractivity contribution in [1.82, 2.24) is 0 Å². The van der Waals surface area contributed by atoms with Crippen molar-refractivity contribution in [3.63, 3.8) is 0 Å². The predicted octanol–water partition coefficient (Wildman–Crippen LogP) is 3.37. The summed E-state index contributed by atoms with van der Waals surface area (Å²) in [5.41, 5.74) is 1.72. The highest BCUT2D eigenvalue weighted by Crippen LogP contribution is 2.57. The van der Waals surface area contributed by atoms with E-state index in [9.17, 15) is 9.59 Å². The fourth-order valence-corrected chi connectivity index (χ4v) is 3.11. The first-order chi connectivity index (χ1) is 10.2. The van der Waals surface area contributed by atoms with Crippen LogP contribution >= 0.6 is 0 Å². The number of hydrogen-bond donors (Lipinski definition) is 1. The minimum Gasteiger partial charge on any atom is -0.481 e. The molecule has 21 heavy (non-hydrogen) atoms. The zero-order valence-electron chi connectivity index (χ0n) is 11.5. The largest absolute Gasteiger partial charge is 0.481 e. The molecule has 0 amide bonds. The molecule has 3 nitrogen and oxygen atoms in total. The van der Waals surface area contributed by atoms with Crippen molar-refractivity contribution < 1.29 is 14.7 Å². The summed E-state index contributed by atoms with van der Waals surface area (Å²) < 4.78 is 0. The Labute approximate surface area is 123 Å². The molecule has 2 aromatic rings. The molecule has 1 aliphatic carbocycles. The van der Waals surface area contributed by atoms with E-state index in [1.54, 1.807) is 12.1 Å². The van der Waals surface area contributed by atoms with Crippen molar-refractivity contribution in [3.8, 4) is 0 Å². The van der Waals surface area contributed by atoms with E-state index in [0.29, 0.717) is 5.56 Å². The second kappa shape index (κ2) is 5.52. The highest BCUT2D eigenvalue weighted by atomic mass is 16.4. The van der Waals surface area contributed by atoms with E-state index in [-0.39, 0.29) is 30.0 Å². The van der Waals surface area contributed by atoms with E-state index in [0.717, 1.165) is 5.56 Å². The first-order valence-electron chi connectivity index (χ1n) is 7.04. The van der Waals surface area contributed by atoms with Crippen LogP contribution in [0.2, 0.25) is 0 Å². The number of carboxylic acid groups (broad SMARTS) is 1. The quantitative estimate of drug-likeness (QED) is 0.854. The summed E-state index contributed by atoms with van der Waals surface area (Å²) in [6.07, 6.45) is 0.0444. The molecule has 3 atom stereocenters. The summed E-state index contributed by atoms with van der Waals surface area (Å²) in [6, 6.07) is 18.8. The number of benzene rings is 2. The SMILES string of the molecule is O=C(O)C[C@@H]1C(c2ccccc2)[C@H]1C(=O)c1ccccc1. The van der Waals surface area contributed by atoms with Gasteiger partial charge in [0.15, 0.2) is 5.78 Å². The van der Waals surface area contributed by atoms with Crippen LogP contribution in [0.1, 0.15) is 28.3 Å².